The molecule has 0 aliphatic carbocycles. The Hall–Kier alpha value is -7.80. The van der Waals surface area contributed by atoms with Crippen LogP contribution in [0.3, 0.4) is 0 Å². The second-order valence-electron chi connectivity index (χ2n) is 16.1. The normalized spacial score (nSPS) is 11.7. The summed E-state index contributed by atoms with van der Waals surface area (Å²) in [5, 5.41) is 14.9. The Morgan fingerprint density at radius 1 is 0.167 bits per heavy atom. The van der Waals surface area contributed by atoms with Crippen LogP contribution in [-0.2, 0) is 0 Å². The lowest BCUT2D eigenvalue weighted by atomic mass is 9.83. The van der Waals surface area contributed by atoms with E-state index in [9.17, 15) is 0 Å². The van der Waals surface area contributed by atoms with Crippen LogP contribution < -0.4 is 0 Å². The van der Waals surface area contributed by atoms with E-state index in [1.807, 2.05) is 0 Å². The number of fused-ring (bicyclic) bond motifs is 6. The summed E-state index contributed by atoms with van der Waals surface area (Å²) < 4.78 is 0. The number of hydrogen-bond donors (Lipinski definition) is 0. The van der Waals surface area contributed by atoms with Gasteiger partial charge >= 0.3 is 0 Å². The van der Waals surface area contributed by atoms with Crippen molar-refractivity contribution in [3.63, 3.8) is 0 Å². The van der Waals surface area contributed by atoms with Crippen molar-refractivity contribution in [3.05, 3.63) is 231 Å². The van der Waals surface area contributed by atoms with Gasteiger partial charge in [0.1, 0.15) is 0 Å². The highest BCUT2D eigenvalue weighted by molar-refractivity contribution is 6.22. The van der Waals surface area contributed by atoms with E-state index in [2.05, 4.69) is 231 Å². The summed E-state index contributed by atoms with van der Waals surface area (Å²) in [6, 6.07) is 85.6. The second kappa shape index (κ2) is 13.9. The molecule has 0 nitrogen and oxygen atoms in total. The third-order valence-electron chi connectivity index (χ3n) is 12.6. The molecule has 0 saturated carbocycles. The zero-order chi connectivity index (χ0) is 39.6. The topological polar surface area (TPSA) is 0 Å². The van der Waals surface area contributed by atoms with Crippen LogP contribution in [0.1, 0.15) is 0 Å². The van der Waals surface area contributed by atoms with E-state index in [-0.39, 0.29) is 0 Å². The van der Waals surface area contributed by atoms with Crippen LogP contribution >= 0.6 is 0 Å². The fourth-order valence-corrected chi connectivity index (χ4v) is 9.63. The summed E-state index contributed by atoms with van der Waals surface area (Å²) in [6.45, 7) is 0. The first-order chi connectivity index (χ1) is 29.7. The van der Waals surface area contributed by atoms with Gasteiger partial charge < -0.3 is 0 Å². The summed E-state index contributed by atoms with van der Waals surface area (Å²) in [7, 11) is 0. The van der Waals surface area contributed by atoms with Crippen LogP contribution in [0.4, 0.5) is 0 Å². The Morgan fingerprint density at radius 3 is 1.20 bits per heavy atom. The Bertz CT molecular complexity index is 3660. The first-order valence-electron chi connectivity index (χ1n) is 20.8. The van der Waals surface area contributed by atoms with Crippen molar-refractivity contribution in [2.24, 2.45) is 0 Å². The monoisotopic (exact) mass is 758 g/mol. The maximum atomic E-state index is 2.45. The highest BCUT2D eigenvalue weighted by atomic mass is 14.2. The first kappa shape index (κ1) is 34.3. The molecule has 0 unspecified atom stereocenters. The third-order valence-corrected chi connectivity index (χ3v) is 12.6. The number of hydrogen-bond acceptors (Lipinski definition) is 0. The van der Waals surface area contributed by atoms with Gasteiger partial charge in [0.15, 0.2) is 0 Å². The summed E-state index contributed by atoms with van der Waals surface area (Å²) >= 11 is 0. The van der Waals surface area contributed by atoms with E-state index in [4.69, 9.17) is 0 Å². The molecule has 0 amide bonds. The van der Waals surface area contributed by atoms with Gasteiger partial charge in [-0.2, -0.15) is 0 Å². The van der Waals surface area contributed by atoms with Crippen molar-refractivity contribution in [2.45, 2.75) is 0 Å². The van der Waals surface area contributed by atoms with Crippen molar-refractivity contribution < 1.29 is 0 Å². The van der Waals surface area contributed by atoms with Crippen LogP contribution in [0, 0.1) is 0 Å². The molecule has 12 aromatic carbocycles. The van der Waals surface area contributed by atoms with Gasteiger partial charge in [-0.1, -0.05) is 188 Å². The van der Waals surface area contributed by atoms with Gasteiger partial charge in [-0.25, -0.2) is 0 Å². The fourth-order valence-electron chi connectivity index (χ4n) is 9.63. The van der Waals surface area contributed by atoms with Gasteiger partial charge in [0.2, 0.25) is 0 Å². The van der Waals surface area contributed by atoms with Crippen LogP contribution in [0.2, 0.25) is 0 Å². The highest BCUT2D eigenvalue weighted by Crippen LogP contribution is 2.47. The largest absolute Gasteiger partial charge is 0.0616 e. The van der Waals surface area contributed by atoms with Crippen molar-refractivity contribution in [1.82, 2.24) is 0 Å². The molecule has 0 spiro atoms. The summed E-state index contributed by atoms with van der Waals surface area (Å²) in [5.41, 5.74) is 12.2. The van der Waals surface area contributed by atoms with Crippen LogP contribution in [-0.4, -0.2) is 0 Å². The van der Waals surface area contributed by atoms with Gasteiger partial charge in [0.25, 0.3) is 0 Å². The molecule has 0 saturated heterocycles. The zero-order valence-electron chi connectivity index (χ0n) is 32.9. The van der Waals surface area contributed by atoms with E-state index in [0.29, 0.717) is 0 Å². The standard InChI is InChI=1S/C60H38/c1-4-16-43-32-46(27-24-39(43)12-1)48-30-31-57-58(38-48)60(56-22-10-9-21-55(56)59(57)49-29-26-41-14-3-6-18-45(41)34-49)52-36-50(47-28-25-40-13-2-5-17-44(40)33-47)35-51(37-52)54-23-11-19-42-15-7-8-20-53(42)54/h1-38H. The molecule has 0 aliphatic heterocycles. The lowest BCUT2D eigenvalue weighted by molar-refractivity contribution is 1.60. The molecule has 278 valence electrons. The van der Waals surface area contributed by atoms with Crippen molar-refractivity contribution in [1.29, 1.82) is 0 Å². The van der Waals surface area contributed by atoms with Gasteiger partial charge in [-0.05, 0) is 163 Å². The number of rotatable bonds is 5. The number of benzene rings is 12. The average Bonchev–Trinajstić information content (AvgIpc) is 3.32. The molecule has 0 N–H and O–H groups in total. The molecule has 0 fully saturated rings. The smallest absolute Gasteiger partial charge is 0.00257 e. The predicted molar refractivity (Wildman–Crippen MR) is 259 cm³/mol. The van der Waals surface area contributed by atoms with E-state index in [1.165, 1.54) is 120 Å². The molecule has 0 atom stereocenters. The minimum Gasteiger partial charge on any atom is -0.0616 e. The molecule has 12 aromatic rings. The molecule has 60 heavy (non-hydrogen) atoms. The summed E-state index contributed by atoms with van der Waals surface area (Å²) in [5.74, 6) is 0. The zero-order valence-corrected chi connectivity index (χ0v) is 32.9. The second-order valence-corrected chi connectivity index (χ2v) is 16.1. The average molecular weight is 759 g/mol. The maximum Gasteiger partial charge on any atom is -0.00257 e. The highest BCUT2D eigenvalue weighted by Gasteiger charge is 2.20. The van der Waals surface area contributed by atoms with Crippen molar-refractivity contribution >= 4 is 64.6 Å². The van der Waals surface area contributed by atoms with Gasteiger partial charge in [-0.3, -0.25) is 0 Å². The Kier molecular flexibility index (Phi) is 7.96. The molecule has 0 heteroatoms. The van der Waals surface area contributed by atoms with Crippen molar-refractivity contribution in [2.75, 3.05) is 0 Å². The molecular formula is C60H38. The molecule has 0 aromatic heterocycles. The van der Waals surface area contributed by atoms with E-state index < -0.39 is 0 Å². The van der Waals surface area contributed by atoms with Crippen LogP contribution in [0.5, 0.6) is 0 Å². The lowest BCUT2D eigenvalue weighted by Crippen LogP contribution is -1.93. The fraction of sp³-hybridized carbons (Fsp3) is 0. The minimum atomic E-state index is 1.20. The Balaban J connectivity index is 1.19. The van der Waals surface area contributed by atoms with Crippen LogP contribution in [0.15, 0.2) is 231 Å². The Morgan fingerprint density at radius 2 is 0.567 bits per heavy atom. The molecular weight excluding hydrogens is 721 g/mol. The molecule has 0 aliphatic rings. The predicted octanol–water partition coefficient (Wildman–Crippen LogP) is 16.9. The molecule has 0 bridgehead atoms. The first-order valence-corrected chi connectivity index (χ1v) is 20.8. The minimum absolute atomic E-state index is 1.20. The van der Waals surface area contributed by atoms with Gasteiger partial charge in [-0.15, -0.1) is 0 Å². The summed E-state index contributed by atoms with van der Waals surface area (Å²) in [4.78, 5) is 0. The van der Waals surface area contributed by atoms with E-state index in [0.717, 1.165) is 0 Å². The van der Waals surface area contributed by atoms with E-state index in [1.54, 1.807) is 0 Å². The van der Waals surface area contributed by atoms with Crippen molar-refractivity contribution in [3.8, 4) is 55.6 Å². The lowest BCUT2D eigenvalue weighted by Gasteiger charge is -2.20. The molecule has 0 radical (unpaired) electrons. The molecule has 0 heterocycles. The molecule has 12 rings (SSSR count). The van der Waals surface area contributed by atoms with Gasteiger partial charge in [0, 0.05) is 0 Å². The maximum absolute atomic E-state index is 2.45. The Labute approximate surface area is 349 Å². The quantitative estimate of drug-likeness (QED) is 0.153. The summed E-state index contributed by atoms with van der Waals surface area (Å²) in [6.07, 6.45) is 0. The van der Waals surface area contributed by atoms with Gasteiger partial charge in [0.05, 0.1) is 0 Å². The SMILES string of the molecule is c1ccc2cc(-c3cc(-c4cccc5ccccc45)cc(-c4c5ccccc5c(-c5ccc6ccccc6c5)c5ccc(-c6ccc7ccccc7c6)cc45)c3)ccc2c1. The van der Waals surface area contributed by atoms with E-state index >= 15 is 0 Å². The van der Waals surface area contributed by atoms with Crippen LogP contribution in [0.25, 0.3) is 120 Å². The third kappa shape index (κ3) is 5.76.